The summed E-state index contributed by atoms with van der Waals surface area (Å²) in [5.41, 5.74) is 2.66. The smallest absolute Gasteiger partial charge is 0.162 e. The second kappa shape index (κ2) is 7.53. The van der Waals surface area contributed by atoms with Crippen LogP contribution < -0.4 is 0 Å². The van der Waals surface area contributed by atoms with E-state index in [1.165, 1.54) is 0 Å². The van der Waals surface area contributed by atoms with Crippen molar-refractivity contribution in [2.24, 2.45) is 5.92 Å². The predicted molar refractivity (Wildman–Crippen MR) is 96.8 cm³/mol. The maximum absolute atomic E-state index is 9.39. The lowest BCUT2D eigenvalue weighted by atomic mass is 10.1. The van der Waals surface area contributed by atoms with Crippen LogP contribution in [0.4, 0.5) is 0 Å². The Balaban J connectivity index is 2.14. The van der Waals surface area contributed by atoms with E-state index in [1.54, 1.807) is 10.9 Å². The molecule has 0 aliphatic heterocycles. The van der Waals surface area contributed by atoms with Crippen molar-refractivity contribution in [2.45, 2.75) is 33.7 Å². The van der Waals surface area contributed by atoms with Crippen molar-refractivity contribution in [3.63, 3.8) is 0 Å². The largest absolute Gasteiger partial charge is 0.394 e. The first-order valence-corrected chi connectivity index (χ1v) is 8.52. The topological polar surface area (TPSA) is 76.7 Å². The average molecular weight is 337 g/mol. The second-order valence-corrected chi connectivity index (χ2v) is 6.44. The molecule has 2 heterocycles. The number of nitrogens with zero attached hydrogens (tertiary/aromatic N) is 5. The molecule has 0 saturated heterocycles. The molecule has 3 aromatic rings. The highest BCUT2D eigenvalue weighted by Gasteiger charge is 2.18. The summed E-state index contributed by atoms with van der Waals surface area (Å²) >= 11 is 0. The van der Waals surface area contributed by atoms with Crippen molar-refractivity contribution in [2.75, 3.05) is 6.61 Å². The molecule has 0 bridgehead atoms. The van der Waals surface area contributed by atoms with Crippen molar-refractivity contribution in [1.82, 2.24) is 24.7 Å². The summed E-state index contributed by atoms with van der Waals surface area (Å²) in [5, 5.41) is 14.0. The molecule has 2 aromatic heterocycles. The van der Waals surface area contributed by atoms with E-state index in [0.717, 1.165) is 29.1 Å². The molecule has 3 rings (SSSR count). The van der Waals surface area contributed by atoms with Crippen LogP contribution in [0.1, 0.15) is 25.5 Å². The fourth-order valence-electron chi connectivity index (χ4n) is 2.74. The summed E-state index contributed by atoms with van der Waals surface area (Å²) in [6, 6.07) is 9.99. The number of aromatic nitrogens is 5. The zero-order valence-corrected chi connectivity index (χ0v) is 14.8. The van der Waals surface area contributed by atoms with Gasteiger partial charge in [0.15, 0.2) is 11.6 Å². The van der Waals surface area contributed by atoms with Gasteiger partial charge in [-0.1, -0.05) is 44.2 Å². The third-order valence-corrected chi connectivity index (χ3v) is 3.82. The number of hydrogen-bond donors (Lipinski definition) is 1. The van der Waals surface area contributed by atoms with E-state index in [0.29, 0.717) is 24.1 Å². The number of hydrogen-bond acceptors (Lipinski definition) is 5. The molecular formula is C19H23N5O. The van der Waals surface area contributed by atoms with Crippen LogP contribution in [0.15, 0.2) is 36.5 Å². The van der Waals surface area contributed by atoms with E-state index in [1.807, 2.05) is 37.3 Å². The molecule has 6 heteroatoms. The summed E-state index contributed by atoms with van der Waals surface area (Å²) in [6.07, 6.45) is 2.58. The normalized spacial score (nSPS) is 11.2. The third-order valence-electron chi connectivity index (χ3n) is 3.82. The Morgan fingerprint density at radius 3 is 2.56 bits per heavy atom. The van der Waals surface area contributed by atoms with Crippen LogP contribution in [0, 0.1) is 12.8 Å². The fraction of sp³-hybridized carbons (Fsp3) is 0.368. The van der Waals surface area contributed by atoms with Crippen LogP contribution in [0.3, 0.4) is 0 Å². The lowest BCUT2D eigenvalue weighted by Crippen LogP contribution is -2.08. The fourth-order valence-corrected chi connectivity index (χ4v) is 2.74. The Morgan fingerprint density at radius 1 is 1.12 bits per heavy atom. The SMILES string of the molecule is Cc1ncc(-c2nc(CC(C)C)nn2CCO)c(-c2ccccc2)n1. The first-order chi connectivity index (χ1) is 12.1. The van der Waals surface area contributed by atoms with E-state index < -0.39 is 0 Å². The molecule has 0 aliphatic carbocycles. The second-order valence-electron chi connectivity index (χ2n) is 6.44. The molecule has 1 N–H and O–H groups in total. The molecule has 130 valence electrons. The molecule has 0 spiro atoms. The van der Waals surface area contributed by atoms with Crippen LogP contribution in [-0.2, 0) is 13.0 Å². The van der Waals surface area contributed by atoms with Gasteiger partial charge in [0.25, 0.3) is 0 Å². The molecule has 0 amide bonds. The molecule has 6 nitrogen and oxygen atoms in total. The van der Waals surface area contributed by atoms with Gasteiger partial charge in [-0.25, -0.2) is 19.6 Å². The number of rotatable bonds is 6. The zero-order chi connectivity index (χ0) is 17.8. The highest BCUT2D eigenvalue weighted by molar-refractivity contribution is 5.76. The van der Waals surface area contributed by atoms with Gasteiger partial charge in [-0.3, -0.25) is 0 Å². The number of aryl methyl sites for hydroxylation is 1. The van der Waals surface area contributed by atoms with Gasteiger partial charge in [-0.05, 0) is 12.8 Å². The summed E-state index contributed by atoms with van der Waals surface area (Å²) < 4.78 is 1.75. The zero-order valence-electron chi connectivity index (χ0n) is 14.8. The predicted octanol–water partition coefficient (Wildman–Crippen LogP) is 2.90. The van der Waals surface area contributed by atoms with Gasteiger partial charge >= 0.3 is 0 Å². The molecule has 0 atom stereocenters. The summed E-state index contributed by atoms with van der Waals surface area (Å²) in [5.74, 6) is 2.64. The lowest BCUT2D eigenvalue weighted by molar-refractivity contribution is 0.269. The van der Waals surface area contributed by atoms with Crippen LogP contribution in [0.25, 0.3) is 22.6 Å². The number of aliphatic hydroxyl groups excluding tert-OH is 1. The van der Waals surface area contributed by atoms with Crippen LogP contribution in [0.5, 0.6) is 0 Å². The van der Waals surface area contributed by atoms with Gasteiger partial charge < -0.3 is 5.11 Å². The summed E-state index contributed by atoms with van der Waals surface area (Å²) in [7, 11) is 0. The summed E-state index contributed by atoms with van der Waals surface area (Å²) in [6.45, 7) is 6.54. The van der Waals surface area contributed by atoms with Gasteiger partial charge in [-0.2, -0.15) is 5.10 Å². The van der Waals surface area contributed by atoms with Gasteiger partial charge in [0, 0.05) is 18.2 Å². The molecule has 0 saturated carbocycles. The lowest BCUT2D eigenvalue weighted by Gasteiger charge is -2.10. The Morgan fingerprint density at radius 2 is 1.88 bits per heavy atom. The monoisotopic (exact) mass is 337 g/mol. The van der Waals surface area contributed by atoms with Crippen molar-refractivity contribution in [1.29, 1.82) is 0 Å². The maximum atomic E-state index is 9.39. The van der Waals surface area contributed by atoms with Crippen molar-refractivity contribution in [3.05, 3.63) is 48.2 Å². The minimum absolute atomic E-state index is 0.00483. The molecular weight excluding hydrogens is 314 g/mol. The Labute approximate surface area is 147 Å². The van der Waals surface area contributed by atoms with Crippen molar-refractivity contribution >= 4 is 0 Å². The van der Waals surface area contributed by atoms with Gasteiger partial charge in [0.05, 0.1) is 24.4 Å². The van der Waals surface area contributed by atoms with Crippen LogP contribution >= 0.6 is 0 Å². The summed E-state index contributed by atoms with van der Waals surface area (Å²) in [4.78, 5) is 13.7. The molecule has 0 fully saturated rings. The molecule has 25 heavy (non-hydrogen) atoms. The average Bonchev–Trinajstić information content (AvgIpc) is 2.97. The Bertz CT molecular complexity index is 842. The first kappa shape index (κ1) is 17.2. The van der Waals surface area contributed by atoms with Crippen LogP contribution in [-0.4, -0.2) is 36.4 Å². The van der Waals surface area contributed by atoms with Gasteiger partial charge in [0.1, 0.15) is 5.82 Å². The van der Waals surface area contributed by atoms with Gasteiger partial charge in [0.2, 0.25) is 0 Å². The highest BCUT2D eigenvalue weighted by atomic mass is 16.3. The molecule has 0 aliphatic rings. The quantitative estimate of drug-likeness (QED) is 0.748. The minimum Gasteiger partial charge on any atom is -0.394 e. The van der Waals surface area contributed by atoms with E-state index in [-0.39, 0.29) is 6.61 Å². The number of benzene rings is 1. The van der Waals surface area contributed by atoms with E-state index >= 15 is 0 Å². The minimum atomic E-state index is 0.00483. The number of aliphatic hydroxyl groups is 1. The molecule has 0 radical (unpaired) electrons. The molecule has 1 aromatic carbocycles. The van der Waals surface area contributed by atoms with Gasteiger partial charge in [-0.15, -0.1) is 0 Å². The Hall–Kier alpha value is -2.60. The third kappa shape index (κ3) is 3.91. The van der Waals surface area contributed by atoms with Crippen LogP contribution in [0.2, 0.25) is 0 Å². The standard InChI is InChI=1S/C19H23N5O/c1-13(2)11-17-22-19(24(23-17)9-10-25)16-12-20-14(3)21-18(16)15-7-5-4-6-8-15/h4-8,12-13,25H,9-11H2,1-3H3. The van der Waals surface area contributed by atoms with E-state index in [4.69, 9.17) is 4.98 Å². The first-order valence-electron chi connectivity index (χ1n) is 8.52. The van der Waals surface area contributed by atoms with Crippen molar-refractivity contribution < 1.29 is 5.11 Å². The Kier molecular flexibility index (Phi) is 5.19. The van der Waals surface area contributed by atoms with E-state index in [9.17, 15) is 5.11 Å². The maximum Gasteiger partial charge on any atom is 0.162 e. The van der Waals surface area contributed by atoms with E-state index in [2.05, 4.69) is 28.9 Å². The highest BCUT2D eigenvalue weighted by Crippen LogP contribution is 2.29. The van der Waals surface area contributed by atoms with Crippen molar-refractivity contribution in [3.8, 4) is 22.6 Å². The molecule has 0 unspecified atom stereocenters.